The third-order valence-electron chi connectivity index (χ3n) is 7.15. The summed E-state index contributed by atoms with van der Waals surface area (Å²) in [7, 11) is 0. The average Bonchev–Trinajstić information content (AvgIpc) is 2.91. The highest BCUT2D eigenvalue weighted by molar-refractivity contribution is 5.79. The summed E-state index contributed by atoms with van der Waals surface area (Å²) in [6, 6.07) is 22.4. The van der Waals surface area contributed by atoms with Gasteiger partial charge in [0.25, 0.3) is 0 Å². The number of nitrogens with two attached hydrogens (primary N) is 2. The molecule has 0 heterocycles. The van der Waals surface area contributed by atoms with Gasteiger partial charge in [-0.1, -0.05) is 121 Å². The molecule has 0 spiro atoms. The van der Waals surface area contributed by atoms with Crippen LogP contribution in [0.3, 0.4) is 0 Å². The zero-order valence-electron chi connectivity index (χ0n) is 23.0. The first-order valence-corrected chi connectivity index (χ1v) is 14.7. The van der Waals surface area contributed by atoms with E-state index in [2.05, 4.69) is 37.3 Å². The Morgan fingerprint density at radius 3 is 1.57 bits per heavy atom. The molecule has 0 fully saturated rings. The molecule has 0 aliphatic heterocycles. The van der Waals surface area contributed by atoms with E-state index in [0.717, 1.165) is 52.4 Å². The van der Waals surface area contributed by atoms with Gasteiger partial charge in [-0.3, -0.25) is 0 Å². The molecule has 3 rings (SSSR count). The maximum Gasteiger partial charge on any atom is 0.127 e. The Hall–Kier alpha value is -2.94. The zero-order chi connectivity index (χ0) is 26.1. The number of hydrogen-bond donors (Lipinski definition) is 2. The van der Waals surface area contributed by atoms with Crippen molar-refractivity contribution in [3.63, 3.8) is 0 Å². The number of hydrogen-bond acceptors (Lipinski definition) is 3. The number of nitrogen functional groups attached to an aromatic ring is 2. The summed E-state index contributed by atoms with van der Waals surface area (Å²) in [5, 5.41) is 0. The molecule has 0 saturated heterocycles. The number of unbranched alkanes of at least 4 members (excludes halogenated alkanes) is 13. The van der Waals surface area contributed by atoms with Crippen LogP contribution in [-0.2, 0) is 0 Å². The number of rotatable bonds is 18. The van der Waals surface area contributed by atoms with Crippen molar-refractivity contribution in [2.45, 2.75) is 96.8 Å². The normalized spacial score (nSPS) is 11.1. The molecule has 3 heteroatoms. The zero-order valence-corrected chi connectivity index (χ0v) is 23.0. The minimum Gasteiger partial charge on any atom is -0.493 e. The van der Waals surface area contributed by atoms with E-state index in [0.29, 0.717) is 0 Å². The van der Waals surface area contributed by atoms with Gasteiger partial charge in [-0.05, 0) is 59.5 Å². The van der Waals surface area contributed by atoms with E-state index in [4.69, 9.17) is 16.2 Å². The van der Waals surface area contributed by atoms with E-state index < -0.39 is 0 Å². The smallest absolute Gasteiger partial charge is 0.127 e. The van der Waals surface area contributed by atoms with Gasteiger partial charge >= 0.3 is 0 Å². The average molecular weight is 501 g/mol. The van der Waals surface area contributed by atoms with Crippen LogP contribution in [0, 0.1) is 0 Å². The first-order chi connectivity index (χ1) is 18.2. The fourth-order valence-corrected chi connectivity index (χ4v) is 4.96. The summed E-state index contributed by atoms with van der Waals surface area (Å²) in [5.41, 5.74) is 18.0. The van der Waals surface area contributed by atoms with Crippen molar-refractivity contribution < 1.29 is 4.74 Å². The Bertz CT molecular complexity index is 1050. The third-order valence-corrected chi connectivity index (χ3v) is 7.15. The lowest BCUT2D eigenvalue weighted by Crippen LogP contribution is -1.99. The molecular formula is C34H48N2O. The van der Waals surface area contributed by atoms with Gasteiger partial charge in [-0.15, -0.1) is 0 Å². The second kappa shape index (κ2) is 16.7. The van der Waals surface area contributed by atoms with Crippen LogP contribution in [-0.4, -0.2) is 6.61 Å². The standard InChI is InChI=1S/C34H48N2O/c1-2-3-4-5-6-7-8-9-10-11-12-13-14-15-24-37-34-23-22-29(28-18-16-20-31(35)25-28)27-33(34)30-19-17-21-32(36)26-30/h16-23,25-27H,2-15,24,35-36H2,1H3. The highest BCUT2D eigenvalue weighted by atomic mass is 16.5. The Morgan fingerprint density at radius 2 is 1.00 bits per heavy atom. The second-order valence-corrected chi connectivity index (χ2v) is 10.4. The van der Waals surface area contributed by atoms with Crippen LogP contribution >= 0.6 is 0 Å². The SMILES string of the molecule is CCCCCCCCCCCCCCCCOc1ccc(-c2cccc(N)c2)cc1-c1cccc(N)c1. The van der Waals surface area contributed by atoms with Gasteiger partial charge in [0.15, 0.2) is 0 Å². The van der Waals surface area contributed by atoms with Gasteiger partial charge in [-0.2, -0.15) is 0 Å². The molecule has 0 bridgehead atoms. The molecular weight excluding hydrogens is 452 g/mol. The first-order valence-electron chi connectivity index (χ1n) is 14.7. The van der Waals surface area contributed by atoms with E-state index in [1.54, 1.807) is 0 Å². The lowest BCUT2D eigenvalue weighted by atomic mass is 9.97. The van der Waals surface area contributed by atoms with Crippen LogP contribution in [0.1, 0.15) is 96.8 Å². The Kier molecular flexibility index (Phi) is 12.9. The molecule has 0 amide bonds. The maximum atomic E-state index is 6.29. The van der Waals surface area contributed by atoms with Crippen LogP contribution in [0.15, 0.2) is 66.7 Å². The monoisotopic (exact) mass is 500 g/mol. The summed E-state index contributed by atoms with van der Waals surface area (Å²) in [6.45, 7) is 3.03. The van der Waals surface area contributed by atoms with Crippen molar-refractivity contribution in [1.29, 1.82) is 0 Å². The van der Waals surface area contributed by atoms with Gasteiger partial charge in [0.2, 0.25) is 0 Å². The molecule has 200 valence electrons. The highest BCUT2D eigenvalue weighted by Crippen LogP contribution is 2.35. The second-order valence-electron chi connectivity index (χ2n) is 10.4. The molecule has 0 unspecified atom stereocenters. The van der Waals surface area contributed by atoms with Gasteiger partial charge in [0.05, 0.1) is 6.61 Å². The summed E-state index contributed by atoms with van der Waals surface area (Å²) >= 11 is 0. The molecule has 0 aliphatic carbocycles. The molecule has 0 radical (unpaired) electrons. The fraction of sp³-hybridized carbons (Fsp3) is 0.471. The summed E-state index contributed by atoms with van der Waals surface area (Å²) in [5.74, 6) is 0.910. The van der Waals surface area contributed by atoms with Crippen molar-refractivity contribution in [1.82, 2.24) is 0 Å². The van der Waals surface area contributed by atoms with E-state index in [1.165, 1.54) is 83.5 Å². The van der Waals surface area contributed by atoms with E-state index in [-0.39, 0.29) is 0 Å². The van der Waals surface area contributed by atoms with Crippen molar-refractivity contribution in [3.8, 4) is 28.0 Å². The van der Waals surface area contributed by atoms with Crippen molar-refractivity contribution >= 4 is 11.4 Å². The van der Waals surface area contributed by atoms with Crippen molar-refractivity contribution in [2.75, 3.05) is 18.1 Å². The fourth-order valence-electron chi connectivity index (χ4n) is 4.96. The highest BCUT2D eigenvalue weighted by Gasteiger charge is 2.10. The van der Waals surface area contributed by atoms with Crippen molar-refractivity contribution in [3.05, 3.63) is 66.7 Å². The van der Waals surface area contributed by atoms with E-state index >= 15 is 0 Å². The lowest BCUT2D eigenvalue weighted by molar-refractivity contribution is 0.305. The molecule has 0 aliphatic rings. The molecule has 0 saturated carbocycles. The quantitative estimate of drug-likeness (QED) is 0.135. The molecule has 0 aromatic heterocycles. The van der Waals surface area contributed by atoms with Gasteiger partial charge in [0, 0.05) is 16.9 Å². The van der Waals surface area contributed by atoms with Gasteiger partial charge in [0.1, 0.15) is 5.75 Å². The summed E-state index contributed by atoms with van der Waals surface area (Å²) in [6.07, 6.45) is 19.0. The lowest BCUT2D eigenvalue weighted by Gasteiger charge is -2.14. The Morgan fingerprint density at radius 1 is 0.514 bits per heavy atom. The topological polar surface area (TPSA) is 61.3 Å². The van der Waals surface area contributed by atoms with Crippen molar-refractivity contribution in [2.24, 2.45) is 0 Å². The number of benzene rings is 3. The number of anilines is 2. The predicted octanol–water partition coefficient (Wildman–Crippen LogP) is 10.0. The molecule has 0 atom stereocenters. The third kappa shape index (κ3) is 10.5. The van der Waals surface area contributed by atoms with Crippen LogP contribution in [0.5, 0.6) is 5.75 Å². The number of ether oxygens (including phenoxy) is 1. The predicted molar refractivity (Wildman–Crippen MR) is 162 cm³/mol. The minimum atomic E-state index is 0.741. The van der Waals surface area contributed by atoms with Gasteiger partial charge < -0.3 is 16.2 Å². The first kappa shape index (κ1) is 28.6. The maximum absolute atomic E-state index is 6.29. The van der Waals surface area contributed by atoms with E-state index in [9.17, 15) is 0 Å². The largest absolute Gasteiger partial charge is 0.493 e. The Labute approximate surface area is 225 Å². The molecule has 37 heavy (non-hydrogen) atoms. The van der Waals surface area contributed by atoms with Gasteiger partial charge in [-0.25, -0.2) is 0 Å². The van der Waals surface area contributed by atoms with Crippen LogP contribution < -0.4 is 16.2 Å². The van der Waals surface area contributed by atoms with Crippen LogP contribution in [0.25, 0.3) is 22.3 Å². The minimum absolute atomic E-state index is 0.741. The Balaban J connectivity index is 1.40. The molecule has 4 N–H and O–H groups in total. The molecule has 3 aromatic rings. The molecule has 3 aromatic carbocycles. The molecule has 3 nitrogen and oxygen atoms in total. The van der Waals surface area contributed by atoms with Crippen LogP contribution in [0.2, 0.25) is 0 Å². The summed E-state index contributed by atoms with van der Waals surface area (Å²) < 4.78 is 6.29. The summed E-state index contributed by atoms with van der Waals surface area (Å²) in [4.78, 5) is 0. The van der Waals surface area contributed by atoms with E-state index in [1.807, 2.05) is 36.4 Å². The van der Waals surface area contributed by atoms with Crippen LogP contribution in [0.4, 0.5) is 11.4 Å².